The molecule has 0 aliphatic heterocycles. The maximum absolute atomic E-state index is 12.3. The van der Waals surface area contributed by atoms with Gasteiger partial charge in [-0.2, -0.15) is 11.8 Å². The Labute approximate surface area is 167 Å². The molecule has 28 heavy (non-hydrogen) atoms. The summed E-state index contributed by atoms with van der Waals surface area (Å²) in [4.78, 5) is 47.6. The summed E-state index contributed by atoms with van der Waals surface area (Å²) in [6.07, 6.45) is -0.479. The van der Waals surface area contributed by atoms with Gasteiger partial charge in [-0.15, -0.1) is 0 Å². The average molecular weight is 423 g/mol. The van der Waals surface area contributed by atoms with Crippen molar-refractivity contribution in [2.75, 3.05) is 12.0 Å². The lowest BCUT2D eigenvalue weighted by atomic mass is 10.1. The van der Waals surface area contributed by atoms with Gasteiger partial charge in [-0.3, -0.25) is 14.4 Å². The van der Waals surface area contributed by atoms with Crippen LogP contribution in [0, 0.1) is 0 Å². The van der Waals surface area contributed by atoms with Crippen LogP contribution in [-0.2, 0) is 19.2 Å². The molecule has 162 valence electrons. The fourth-order valence-electron chi connectivity index (χ4n) is 2.03. The minimum Gasteiger partial charge on any atom is -0.480 e. The van der Waals surface area contributed by atoms with E-state index in [1.807, 2.05) is 0 Å². The average Bonchev–Trinajstić information content (AvgIpc) is 2.60. The summed E-state index contributed by atoms with van der Waals surface area (Å²) in [5, 5.41) is 35.1. The van der Waals surface area contributed by atoms with E-state index in [4.69, 9.17) is 5.73 Å². The third-order valence-electron chi connectivity index (χ3n) is 3.86. The first-order valence-electron chi connectivity index (χ1n) is 8.66. The molecule has 6 unspecified atom stereocenters. The molecule has 0 saturated carbocycles. The number of carboxylic acids is 1. The van der Waals surface area contributed by atoms with Crippen molar-refractivity contribution in [3.05, 3.63) is 0 Å². The number of aliphatic hydroxyl groups excluding tert-OH is 2. The molecule has 0 aliphatic rings. The second-order valence-electron chi connectivity index (χ2n) is 6.40. The number of hydrogen-bond acceptors (Lipinski definition) is 8. The van der Waals surface area contributed by atoms with Gasteiger partial charge in [0, 0.05) is 0 Å². The molecule has 0 aliphatic carbocycles. The second kappa shape index (κ2) is 12.5. The minimum absolute atomic E-state index is 0.173. The number of carbonyl (C=O) groups excluding carboxylic acids is 3. The Balaban J connectivity index is 4.99. The first kappa shape index (κ1) is 26.1. The summed E-state index contributed by atoms with van der Waals surface area (Å²) in [7, 11) is 0. The van der Waals surface area contributed by atoms with E-state index in [-0.39, 0.29) is 6.42 Å². The SMILES string of the molecule is CSCCC(NC(=O)C(NC(=O)C(C)NC(=O)C(N)C(C)O)C(C)O)C(=O)O. The number of carbonyl (C=O) groups is 4. The van der Waals surface area contributed by atoms with Gasteiger partial charge in [-0.05, 0) is 39.2 Å². The monoisotopic (exact) mass is 422 g/mol. The molecule has 3 amide bonds. The summed E-state index contributed by atoms with van der Waals surface area (Å²) in [5.41, 5.74) is 5.47. The van der Waals surface area contributed by atoms with Crippen LogP contribution in [0.1, 0.15) is 27.2 Å². The molecule has 0 heterocycles. The van der Waals surface area contributed by atoms with E-state index in [0.29, 0.717) is 5.75 Å². The van der Waals surface area contributed by atoms with Crippen LogP contribution in [0.4, 0.5) is 0 Å². The number of amides is 3. The number of aliphatic carboxylic acids is 1. The van der Waals surface area contributed by atoms with Crippen LogP contribution in [0.25, 0.3) is 0 Å². The van der Waals surface area contributed by atoms with Crippen LogP contribution >= 0.6 is 11.8 Å². The molecule has 8 N–H and O–H groups in total. The minimum atomic E-state index is -1.42. The Morgan fingerprint density at radius 3 is 1.93 bits per heavy atom. The van der Waals surface area contributed by atoms with E-state index in [9.17, 15) is 34.5 Å². The normalized spacial score (nSPS) is 17.4. The Kier molecular flexibility index (Phi) is 11.7. The number of nitrogens with two attached hydrogens (primary N) is 1. The lowest BCUT2D eigenvalue weighted by Crippen LogP contribution is -2.59. The molecule has 11 nitrogen and oxygen atoms in total. The van der Waals surface area contributed by atoms with Gasteiger partial charge >= 0.3 is 5.97 Å². The van der Waals surface area contributed by atoms with E-state index in [1.54, 1.807) is 6.26 Å². The van der Waals surface area contributed by atoms with Gasteiger partial charge < -0.3 is 37.0 Å². The van der Waals surface area contributed by atoms with Crippen LogP contribution in [0.3, 0.4) is 0 Å². The van der Waals surface area contributed by atoms with E-state index in [0.717, 1.165) is 0 Å². The van der Waals surface area contributed by atoms with Gasteiger partial charge in [0.2, 0.25) is 17.7 Å². The summed E-state index contributed by atoms with van der Waals surface area (Å²) in [5.74, 6) is -3.15. The number of thioether (sulfide) groups is 1. The smallest absolute Gasteiger partial charge is 0.326 e. The predicted molar refractivity (Wildman–Crippen MR) is 103 cm³/mol. The largest absolute Gasteiger partial charge is 0.480 e. The molecule has 6 atom stereocenters. The topological polar surface area (TPSA) is 191 Å². The molecule has 0 aromatic carbocycles. The third kappa shape index (κ3) is 8.87. The van der Waals surface area contributed by atoms with Gasteiger partial charge in [0.1, 0.15) is 24.2 Å². The van der Waals surface area contributed by atoms with Crippen molar-refractivity contribution in [2.24, 2.45) is 5.73 Å². The van der Waals surface area contributed by atoms with Crippen LogP contribution in [0.2, 0.25) is 0 Å². The molecule has 0 saturated heterocycles. The van der Waals surface area contributed by atoms with Crippen molar-refractivity contribution in [1.82, 2.24) is 16.0 Å². The highest BCUT2D eigenvalue weighted by Crippen LogP contribution is 2.03. The number of hydrogen-bond donors (Lipinski definition) is 7. The molecule has 0 radical (unpaired) electrons. The van der Waals surface area contributed by atoms with Gasteiger partial charge in [0.05, 0.1) is 12.2 Å². The number of rotatable bonds is 12. The Morgan fingerprint density at radius 2 is 1.50 bits per heavy atom. The maximum atomic E-state index is 12.3. The third-order valence-corrected chi connectivity index (χ3v) is 4.51. The standard InChI is InChI=1S/C16H30N4O7S/c1-7(18-14(24)11(17)8(2)21)13(23)20-12(9(3)22)15(25)19-10(16(26)27)5-6-28-4/h7-12,21-22H,5-6,17H2,1-4H3,(H,18,24)(H,19,25)(H,20,23)(H,26,27). The van der Waals surface area contributed by atoms with Crippen molar-refractivity contribution in [1.29, 1.82) is 0 Å². The lowest BCUT2D eigenvalue weighted by Gasteiger charge is -2.25. The van der Waals surface area contributed by atoms with E-state index in [2.05, 4.69) is 16.0 Å². The lowest BCUT2D eigenvalue weighted by molar-refractivity contribution is -0.143. The summed E-state index contributed by atoms with van der Waals surface area (Å²) >= 11 is 1.41. The van der Waals surface area contributed by atoms with Crippen molar-refractivity contribution >= 4 is 35.5 Å². The molecular weight excluding hydrogens is 392 g/mol. The summed E-state index contributed by atoms with van der Waals surface area (Å²) in [6.45, 7) is 3.91. The summed E-state index contributed by atoms with van der Waals surface area (Å²) in [6, 6.07) is -4.94. The second-order valence-corrected chi connectivity index (χ2v) is 7.39. The Morgan fingerprint density at radius 1 is 0.929 bits per heavy atom. The van der Waals surface area contributed by atoms with Gasteiger partial charge in [0.25, 0.3) is 0 Å². The van der Waals surface area contributed by atoms with Crippen molar-refractivity contribution in [3.8, 4) is 0 Å². The van der Waals surface area contributed by atoms with Crippen LogP contribution in [0.15, 0.2) is 0 Å². The van der Waals surface area contributed by atoms with Gasteiger partial charge in [0.15, 0.2) is 0 Å². The number of aliphatic hydroxyl groups is 2. The fourth-order valence-corrected chi connectivity index (χ4v) is 2.50. The van der Waals surface area contributed by atoms with E-state index < -0.39 is 60.1 Å². The fraction of sp³-hybridized carbons (Fsp3) is 0.750. The number of nitrogens with one attached hydrogen (secondary N) is 3. The van der Waals surface area contributed by atoms with Crippen molar-refractivity contribution in [3.63, 3.8) is 0 Å². The zero-order valence-electron chi connectivity index (χ0n) is 16.3. The molecule has 0 bridgehead atoms. The quantitative estimate of drug-likeness (QED) is 0.176. The molecule has 0 rings (SSSR count). The predicted octanol–water partition coefficient (Wildman–Crippen LogP) is -2.61. The Hall–Kier alpha value is -1.89. The van der Waals surface area contributed by atoms with Gasteiger partial charge in [-0.25, -0.2) is 4.79 Å². The molecular formula is C16H30N4O7S. The van der Waals surface area contributed by atoms with Crippen molar-refractivity contribution < 1.29 is 34.5 Å². The molecule has 0 fully saturated rings. The highest BCUT2D eigenvalue weighted by Gasteiger charge is 2.31. The van der Waals surface area contributed by atoms with Crippen LogP contribution in [0.5, 0.6) is 0 Å². The molecule has 12 heteroatoms. The molecule has 0 spiro atoms. The van der Waals surface area contributed by atoms with E-state index >= 15 is 0 Å². The first-order chi connectivity index (χ1) is 12.9. The van der Waals surface area contributed by atoms with Crippen LogP contribution in [-0.4, -0.2) is 87.4 Å². The first-order valence-corrected chi connectivity index (χ1v) is 10.1. The summed E-state index contributed by atoms with van der Waals surface area (Å²) < 4.78 is 0. The van der Waals surface area contributed by atoms with Gasteiger partial charge in [-0.1, -0.05) is 0 Å². The molecule has 0 aromatic rings. The Bertz CT molecular complexity index is 559. The zero-order valence-corrected chi connectivity index (χ0v) is 17.2. The maximum Gasteiger partial charge on any atom is 0.326 e. The molecule has 0 aromatic heterocycles. The van der Waals surface area contributed by atoms with E-state index in [1.165, 1.54) is 32.5 Å². The number of carboxylic acid groups (broad SMARTS) is 1. The zero-order chi connectivity index (χ0) is 22.0. The highest BCUT2D eigenvalue weighted by atomic mass is 32.2. The van der Waals surface area contributed by atoms with Crippen LogP contribution < -0.4 is 21.7 Å². The highest BCUT2D eigenvalue weighted by molar-refractivity contribution is 7.98. The van der Waals surface area contributed by atoms with Crippen molar-refractivity contribution in [2.45, 2.75) is 63.6 Å².